The lowest BCUT2D eigenvalue weighted by atomic mass is 10.1. The van der Waals surface area contributed by atoms with Crippen molar-refractivity contribution in [3.8, 4) is 0 Å². The summed E-state index contributed by atoms with van der Waals surface area (Å²) < 4.78 is 5.65. The van der Waals surface area contributed by atoms with Crippen molar-refractivity contribution >= 4 is 17.6 Å². The normalized spacial score (nSPS) is 11.7. The Kier molecular flexibility index (Phi) is 4.85. The fraction of sp³-hybridized carbons (Fsp3) is 0.467. The van der Waals surface area contributed by atoms with Gasteiger partial charge in [-0.15, -0.1) is 5.10 Å². The molecule has 1 N–H and O–H groups in total. The van der Waals surface area contributed by atoms with Gasteiger partial charge in [0.25, 0.3) is 0 Å². The van der Waals surface area contributed by atoms with Crippen LogP contribution in [0, 0.1) is 0 Å². The Morgan fingerprint density at radius 1 is 1.24 bits per heavy atom. The van der Waals surface area contributed by atoms with Gasteiger partial charge in [-0.25, -0.2) is 0 Å². The highest BCUT2D eigenvalue weighted by Gasteiger charge is 2.14. The summed E-state index contributed by atoms with van der Waals surface area (Å²) in [5.74, 6) is 0.575. The number of halogens is 1. The van der Waals surface area contributed by atoms with Crippen LogP contribution in [0.15, 0.2) is 28.7 Å². The number of rotatable bonds is 5. The van der Waals surface area contributed by atoms with E-state index in [0.29, 0.717) is 25.0 Å². The Morgan fingerprint density at radius 3 is 2.62 bits per heavy atom. The Labute approximate surface area is 130 Å². The van der Waals surface area contributed by atoms with E-state index in [4.69, 9.17) is 16.0 Å². The molecule has 2 aromatic rings. The van der Waals surface area contributed by atoms with E-state index in [1.54, 1.807) is 0 Å². The number of benzene rings is 1. The first-order valence-electron chi connectivity index (χ1n) is 6.87. The minimum absolute atomic E-state index is 0.0120. The van der Waals surface area contributed by atoms with Gasteiger partial charge >= 0.3 is 6.01 Å². The Bertz CT molecular complexity index is 591. The molecule has 0 unspecified atom stereocenters. The van der Waals surface area contributed by atoms with E-state index in [-0.39, 0.29) is 5.54 Å². The predicted molar refractivity (Wildman–Crippen MR) is 84.4 cm³/mol. The van der Waals surface area contributed by atoms with E-state index in [0.717, 1.165) is 10.6 Å². The SMILES string of the molecule is CN(Cc1ccccc1Cl)c1nnc(CNC(C)(C)C)o1. The predicted octanol–water partition coefficient (Wildman–Crippen LogP) is 3.25. The van der Waals surface area contributed by atoms with Crippen LogP contribution in [0.3, 0.4) is 0 Å². The van der Waals surface area contributed by atoms with Crippen molar-refractivity contribution in [2.24, 2.45) is 0 Å². The molecular weight excluding hydrogens is 288 g/mol. The molecule has 0 aliphatic rings. The molecule has 0 amide bonds. The Morgan fingerprint density at radius 2 is 1.95 bits per heavy atom. The molecule has 6 heteroatoms. The summed E-state index contributed by atoms with van der Waals surface area (Å²) in [5.41, 5.74) is 1.03. The fourth-order valence-electron chi connectivity index (χ4n) is 1.76. The van der Waals surface area contributed by atoms with Crippen molar-refractivity contribution < 1.29 is 4.42 Å². The van der Waals surface area contributed by atoms with E-state index < -0.39 is 0 Å². The standard InChI is InChI=1S/C15H21ClN4O/c1-15(2,3)17-9-13-18-19-14(21-13)20(4)10-11-7-5-6-8-12(11)16/h5-8,17H,9-10H2,1-4H3. The van der Waals surface area contributed by atoms with Crippen LogP contribution in [0.25, 0.3) is 0 Å². The van der Waals surface area contributed by atoms with Crippen molar-refractivity contribution in [3.05, 3.63) is 40.7 Å². The fourth-order valence-corrected chi connectivity index (χ4v) is 1.96. The minimum Gasteiger partial charge on any atom is -0.407 e. The molecular formula is C15H21ClN4O. The van der Waals surface area contributed by atoms with Gasteiger partial charge in [0.15, 0.2) is 0 Å². The van der Waals surface area contributed by atoms with E-state index in [1.165, 1.54) is 0 Å². The van der Waals surface area contributed by atoms with Crippen LogP contribution in [0.2, 0.25) is 5.02 Å². The third kappa shape index (κ3) is 4.72. The zero-order valence-electron chi connectivity index (χ0n) is 12.9. The van der Waals surface area contributed by atoms with Crippen molar-refractivity contribution in [3.63, 3.8) is 0 Å². The van der Waals surface area contributed by atoms with Crippen LogP contribution in [0.5, 0.6) is 0 Å². The molecule has 0 bridgehead atoms. The third-order valence-electron chi connectivity index (χ3n) is 2.92. The van der Waals surface area contributed by atoms with Gasteiger partial charge in [-0.05, 0) is 32.4 Å². The highest BCUT2D eigenvalue weighted by Crippen LogP contribution is 2.19. The van der Waals surface area contributed by atoms with Gasteiger partial charge in [-0.2, -0.15) is 0 Å². The summed E-state index contributed by atoms with van der Waals surface area (Å²) in [7, 11) is 1.90. The number of aromatic nitrogens is 2. The van der Waals surface area contributed by atoms with Crippen LogP contribution in [-0.4, -0.2) is 22.8 Å². The molecule has 0 atom stereocenters. The largest absolute Gasteiger partial charge is 0.407 e. The minimum atomic E-state index is 0.0120. The van der Waals surface area contributed by atoms with E-state index in [2.05, 4.69) is 36.3 Å². The summed E-state index contributed by atoms with van der Waals surface area (Å²) in [6.07, 6.45) is 0. The summed E-state index contributed by atoms with van der Waals surface area (Å²) in [6.45, 7) is 7.44. The number of nitrogens with one attached hydrogen (secondary N) is 1. The molecule has 21 heavy (non-hydrogen) atoms. The van der Waals surface area contributed by atoms with Crippen LogP contribution in [-0.2, 0) is 13.1 Å². The molecule has 1 aromatic carbocycles. The molecule has 1 aromatic heterocycles. The topological polar surface area (TPSA) is 54.2 Å². The van der Waals surface area contributed by atoms with Gasteiger partial charge in [-0.1, -0.05) is 34.9 Å². The molecule has 1 heterocycles. The summed E-state index contributed by atoms with van der Waals surface area (Å²) in [6, 6.07) is 8.21. The number of hydrogen-bond donors (Lipinski definition) is 1. The molecule has 0 fully saturated rings. The van der Waals surface area contributed by atoms with E-state index in [9.17, 15) is 0 Å². The summed E-state index contributed by atoms with van der Waals surface area (Å²) >= 11 is 6.16. The maximum atomic E-state index is 6.16. The van der Waals surface area contributed by atoms with Crippen molar-refractivity contribution in [1.29, 1.82) is 0 Å². The molecule has 2 rings (SSSR count). The van der Waals surface area contributed by atoms with Crippen molar-refractivity contribution in [2.75, 3.05) is 11.9 Å². The monoisotopic (exact) mass is 308 g/mol. The van der Waals surface area contributed by atoms with Gasteiger partial charge in [-0.3, -0.25) is 0 Å². The van der Waals surface area contributed by atoms with Crippen LogP contribution < -0.4 is 10.2 Å². The Balaban J connectivity index is 1.99. The maximum absolute atomic E-state index is 6.16. The maximum Gasteiger partial charge on any atom is 0.318 e. The summed E-state index contributed by atoms with van der Waals surface area (Å²) in [4.78, 5) is 1.88. The average Bonchev–Trinajstić information content (AvgIpc) is 2.87. The lowest BCUT2D eigenvalue weighted by molar-refractivity contribution is 0.381. The molecule has 114 valence electrons. The molecule has 0 spiro atoms. The van der Waals surface area contributed by atoms with Gasteiger partial charge in [0.1, 0.15) is 0 Å². The zero-order chi connectivity index (χ0) is 15.5. The molecule has 0 radical (unpaired) electrons. The summed E-state index contributed by atoms with van der Waals surface area (Å²) in [5, 5.41) is 12.2. The first kappa shape index (κ1) is 15.8. The van der Waals surface area contributed by atoms with Crippen LogP contribution in [0.4, 0.5) is 6.01 Å². The van der Waals surface area contributed by atoms with Gasteiger partial charge < -0.3 is 14.6 Å². The third-order valence-corrected chi connectivity index (χ3v) is 3.29. The second-order valence-electron chi connectivity index (χ2n) is 6.03. The first-order chi connectivity index (χ1) is 9.85. The first-order valence-corrected chi connectivity index (χ1v) is 7.25. The number of anilines is 1. The molecule has 0 saturated heterocycles. The van der Waals surface area contributed by atoms with E-state index in [1.807, 2.05) is 36.2 Å². The molecule has 0 saturated carbocycles. The lowest BCUT2D eigenvalue weighted by Crippen LogP contribution is -2.35. The van der Waals surface area contributed by atoms with Gasteiger partial charge in [0.05, 0.1) is 6.54 Å². The molecule has 0 aliphatic heterocycles. The average molecular weight is 309 g/mol. The van der Waals surface area contributed by atoms with E-state index >= 15 is 0 Å². The van der Waals surface area contributed by atoms with Crippen LogP contribution >= 0.6 is 11.6 Å². The molecule has 5 nitrogen and oxygen atoms in total. The van der Waals surface area contributed by atoms with Gasteiger partial charge in [0.2, 0.25) is 5.89 Å². The highest BCUT2D eigenvalue weighted by molar-refractivity contribution is 6.31. The smallest absolute Gasteiger partial charge is 0.318 e. The van der Waals surface area contributed by atoms with Gasteiger partial charge in [0, 0.05) is 24.2 Å². The van der Waals surface area contributed by atoms with Crippen molar-refractivity contribution in [2.45, 2.75) is 39.4 Å². The second-order valence-corrected chi connectivity index (χ2v) is 6.44. The lowest BCUT2D eigenvalue weighted by Gasteiger charge is -2.19. The second kappa shape index (κ2) is 6.45. The molecule has 0 aliphatic carbocycles. The number of hydrogen-bond acceptors (Lipinski definition) is 5. The zero-order valence-corrected chi connectivity index (χ0v) is 13.6. The van der Waals surface area contributed by atoms with Crippen LogP contribution in [0.1, 0.15) is 32.2 Å². The number of nitrogens with zero attached hydrogens (tertiary/aromatic N) is 3. The quantitative estimate of drug-likeness (QED) is 0.919. The highest BCUT2D eigenvalue weighted by atomic mass is 35.5. The van der Waals surface area contributed by atoms with Crippen molar-refractivity contribution in [1.82, 2.24) is 15.5 Å². The Hall–Kier alpha value is -1.59.